The minimum absolute atomic E-state index is 0.0706. The monoisotopic (exact) mass is 279 g/mol. The van der Waals surface area contributed by atoms with Crippen LogP contribution >= 0.6 is 11.8 Å². The van der Waals surface area contributed by atoms with Gasteiger partial charge in [0.2, 0.25) is 0 Å². The molecule has 19 heavy (non-hydrogen) atoms. The summed E-state index contributed by atoms with van der Waals surface area (Å²) in [4.78, 5) is 1.34. The first-order valence-electron chi connectivity index (χ1n) is 7.24. The SMILES string of the molecule is CC(C)NC1(CO)CCCC(Sc2ccccc2)C1. The Morgan fingerprint density at radius 3 is 2.74 bits per heavy atom. The Hall–Kier alpha value is -0.510. The Bertz CT molecular complexity index is 382. The van der Waals surface area contributed by atoms with Crippen molar-refractivity contribution in [2.45, 2.75) is 61.3 Å². The van der Waals surface area contributed by atoms with Crippen LogP contribution in [0.1, 0.15) is 39.5 Å². The van der Waals surface area contributed by atoms with Gasteiger partial charge in [-0.05, 0) is 31.4 Å². The van der Waals surface area contributed by atoms with Gasteiger partial charge in [-0.25, -0.2) is 0 Å². The molecule has 1 aromatic rings. The van der Waals surface area contributed by atoms with E-state index in [1.165, 1.54) is 17.7 Å². The van der Waals surface area contributed by atoms with Crippen LogP contribution < -0.4 is 5.32 Å². The standard InChI is InChI=1S/C16H25NOS/c1-13(2)17-16(12-18)10-6-9-15(11-16)19-14-7-4-3-5-8-14/h3-5,7-8,13,15,17-18H,6,9-12H2,1-2H3. The van der Waals surface area contributed by atoms with Crippen molar-refractivity contribution < 1.29 is 5.11 Å². The lowest BCUT2D eigenvalue weighted by molar-refractivity contribution is 0.115. The van der Waals surface area contributed by atoms with Gasteiger partial charge in [0, 0.05) is 21.7 Å². The largest absolute Gasteiger partial charge is 0.394 e. The lowest BCUT2D eigenvalue weighted by Crippen LogP contribution is -2.54. The molecule has 1 aromatic carbocycles. The van der Waals surface area contributed by atoms with Crippen LogP contribution in [-0.2, 0) is 0 Å². The van der Waals surface area contributed by atoms with Crippen LogP contribution in [0.5, 0.6) is 0 Å². The van der Waals surface area contributed by atoms with E-state index in [4.69, 9.17) is 0 Å². The van der Waals surface area contributed by atoms with E-state index >= 15 is 0 Å². The molecule has 0 saturated heterocycles. The van der Waals surface area contributed by atoms with E-state index in [1.54, 1.807) is 0 Å². The van der Waals surface area contributed by atoms with E-state index in [9.17, 15) is 5.11 Å². The highest BCUT2D eigenvalue weighted by atomic mass is 32.2. The number of nitrogens with one attached hydrogen (secondary N) is 1. The van der Waals surface area contributed by atoms with E-state index in [-0.39, 0.29) is 12.1 Å². The predicted octanol–water partition coefficient (Wildman–Crippen LogP) is 3.45. The molecule has 0 bridgehead atoms. The smallest absolute Gasteiger partial charge is 0.0613 e. The van der Waals surface area contributed by atoms with Crippen LogP contribution in [0, 0.1) is 0 Å². The third-order valence-electron chi connectivity index (χ3n) is 3.74. The van der Waals surface area contributed by atoms with Crippen molar-refractivity contribution in [1.29, 1.82) is 0 Å². The molecule has 1 fully saturated rings. The Morgan fingerprint density at radius 1 is 1.37 bits per heavy atom. The van der Waals surface area contributed by atoms with Crippen LogP contribution in [-0.4, -0.2) is 28.5 Å². The number of aliphatic hydroxyl groups is 1. The van der Waals surface area contributed by atoms with Crippen molar-refractivity contribution in [1.82, 2.24) is 5.32 Å². The molecule has 0 amide bonds. The van der Waals surface area contributed by atoms with Crippen LogP contribution in [0.3, 0.4) is 0 Å². The van der Waals surface area contributed by atoms with Gasteiger partial charge in [-0.1, -0.05) is 38.5 Å². The minimum atomic E-state index is -0.0706. The quantitative estimate of drug-likeness (QED) is 0.866. The van der Waals surface area contributed by atoms with Crippen LogP contribution in [0.4, 0.5) is 0 Å². The van der Waals surface area contributed by atoms with Gasteiger partial charge >= 0.3 is 0 Å². The molecule has 3 heteroatoms. The zero-order chi connectivity index (χ0) is 13.7. The van der Waals surface area contributed by atoms with Crippen molar-refractivity contribution in [3.05, 3.63) is 30.3 Å². The van der Waals surface area contributed by atoms with Gasteiger partial charge in [-0.15, -0.1) is 11.8 Å². The highest BCUT2D eigenvalue weighted by Crippen LogP contribution is 2.38. The van der Waals surface area contributed by atoms with Crippen molar-refractivity contribution in [2.24, 2.45) is 0 Å². The summed E-state index contributed by atoms with van der Waals surface area (Å²) in [6.45, 7) is 4.56. The minimum Gasteiger partial charge on any atom is -0.394 e. The van der Waals surface area contributed by atoms with E-state index in [1.807, 2.05) is 11.8 Å². The molecule has 2 N–H and O–H groups in total. The summed E-state index contributed by atoms with van der Waals surface area (Å²) < 4.78 is 0. The fourth-order valence-electron chi connectivity index (χ4n) is 3.03. The molecule has 0 aliphatic heterocycles. The molecule has 2 atom stereocenters. The third kappa shape index (κ3) is 4.23. The highest BCUT2D eigenvalue weighted by molar-refractivity contribution is 8.00. The molecule has 2 unspecified atom stereocenters. The summed E-state index contributed by atoms with van der Waals surface area (Å²) in [6.07, 6.45) is 4.60. The maximum absolute atomic E-state index is 9.80. The fraction of sp³-hybridized carbons (Fsp3) is 0.625. The molecule has 0 heterocycles. The normalized spacial score (nSPS) is 27.7. The number of rotatable bonds is 5. The lowest BCUT2D eigenvalue weighted by Gasteiger charge is -2.41. The molecule has 1 aliphatic rings. The first kappa shape index (κ1) is 14.9. The number of benzene rings is 1. The summed E-state index contributed by atoms with van der Waals surface area (Å²) in [7, 11) is 0. The maximum Gasteiger partial charge on any atom is 0.0613 e. The molecular formula is C16H25NOS. The van der Waals surface area contributed by atoms with Crippen LogP contribution in [0.2, 0.25) is 0 Å². The number of hydrogen-bond donors (Lipinski definition) is 2. The average Bonchev–Trinajstić information content (AvgIpc) is 2.39. The Morgan fingerprint density at radius 2 is 2.11 bits per heavy atom. The van der Waals surface area contributed by atoms with Gasteiger partial charge in [-0.2, -0.15) is 0 Å². The highest BCUT2D eigenvalue weighted by Gasteiger charge is 2.36. The maximum atomic E-state index is 9.80. The number of thioether (sulfide) groups is 1. The first-order chi connectivity index (χ1) is 9.13. The van der Waals surface area contributed by atoms with Crippen LogP contribution in [0.25, 0.3) is 0 Å². The molecular weight excluding hydrogens is 254 g/mol. The summed E-state index contributed by atoms with van der Waals surface area (Å²) in [5, 5.41) is 14.0. The van der Waals surface area contributed by atoms with E-state index < -0.39 is 0 Å². The lowest BCUT2D eigenvalue weighted by atomic mass is 9.81. The average molecular weight is 279 g/mol. The van der Waals surface area contributed by atoms with Crippen LogP contribution in [0.15, 0.2) is 35.2 Å². The second-order valence-electron chi connectivity index (χ2n) is 5.89. The van der Waals surface area contributed by atoms with Gasteiger partial charge in [0.15, 0.2) is 0 Å². The number of hydrogen-bond acceptors (Lipinski definition) is 3. The summed E-state index contributed by atoms with van der Waals surface area (Å²) >= 11 is 1.96. The first-order valence-corrected chi connectivity index (χ1v) is 8.12. The Kier molecular flexibility index (Phi) is 5.31. The Labute approximate surface area is 121 Å². The summed E-state index contributed by atoms with van der Waals surface area (Å²) in [5.74, 6) is 0. The molecule has 2 nitrogen and oxygen atoms in total. The van der Waals surface area contributed by atoms with Gasteiger partial charge < -0.3 is 10.4 Å². The van der Waals surface area contributed by atoms with Gasteiger partial charge in [-0.3, -0.25) is 0 Å². The van der Waals surface area contributed by atoms with E-state index in [0.29, 0.717) is 11.3 Å². The molecule has 1 saturated carbocycles. The van der Waals surface area contributed by atoms with Crippen molar-refractivity contribution in [3.8, 4) is 0 Å². The second kappa shape index (κ2) is 6.78. The Balaban J connectivity index is 1.99. The molecule has 2 rings (SSSR count). The van der Waals surface area contributed by atoms with E-state index in [2.05, 4.69) is 49.5 Å². The number of aliphatic hydroxyl groups excluding tert-OH is 1. The molecule has 106 valence electrons. The van der Waals surface area contributed by atoms with E-state index in [0.717, 1.165) is 12.8 Å². The van der Waals surface area contributed by atoms with Crippen molar-refractivity contribution in [2.75, 3.05) is 6.61 Å². The molecule has 1 aliphatic carbocycles. The van der Waals surface area contributed by atoms with Gasteiger partial charge in [0.1, 0.15) is 0 Å². The third-order valence-corrected chi connectivity index (χ3v) is 5.02. The topological polar surface area (TPSA) is 32.3 Å². The molecule has 0 aromatic heterocycles. The van der Waals surface area contributed by atoms with Crippen molar-refractivity contribution in [3.63, 3.8) is 0 Å². The fourth-order valence-corrected chi connectivity index (χ4v) is 4.42. The molecule has 0 radical (unpaired) electrons. The zero-order valence-electron chi connectivity index (χ0n) is 11.9. The second-order valence-corrected chi connectivity index (χ2v) is 7.26. The van der Waals surface area contributed by atoms with Gasteiger partial charge in [0.25, 0.3) is 0 Å². The predicted molar refractivity (Wildman–Crippen MR) is 82.6 cm³/mol. The summed E-state index contributed by atoms with van der Waals surface area (Å²) in [5.41, 5.74) is -0.0706. The zero-order valence-corrected chi connectivity index (χ0v) is 12.7. The van der Waals surface area contributed by atoms with Gasteiger partial charge in [0.05, 0.1) is 6.61 Å². The molecule has 0 spiro atoms. The van der Waals surface area contributed by atoms with Crippen molar-refractivity contribution >= 4 is 11.8 Å². The summed E-state index contributed by atoms with van der Waals surface area (Å²) in [6, 6.07) is 11.0.